The number of carbonyl (C=O) groups is 2. The molecule has 0 aromatic heterocycles. The first kappa shape index (κ1) is 15.8. The van der Waals surface area contributed by atoms with E-state index in [1.807, 2.05) is 0 Å². The van der Waals surface area contributed by atoms with E-state index >= 15 is 0 Å². The van der Waals surface area contributed by atoms with Gasteiger partial charge in [-0.05, 0) is 73.5 Å². The molecule has 0 heterocycles. The van der Waals surface area contributed by atoms with Gasteiger partial charge in [0.15, 0.2) is 0 Å². The molecule has 0 aliphatic heterocycles. The Hall–Kier alpha value is -0.660. The molecule has 6 atom stereocenters. The van der Waals surface area contributed by atoms with Gasteiger partial charge >= 0.3 is 0 Å². The predicted octanol–water partition coefficient (Wildman–Crippen LogP) is 4.80. The Balaban J connectivity index is 1.67. The van der Waals surface area contributed by atoms with E-state index in [4.69, 9.17) is 0 Å². The fraction of sp³-hybridized carbons (Fsp3) is 0.905. The van der Waals surface area contributed by atoms with Crippen molar-refractivity contribution in [1.29, 1.82) is 0 Å². The summed E-state index contributed by atoms with van der Waals surface area (Å²) < 4.78 is 0. The van der Waals surface area contributed by atoms with Crippen molar-refractivity contribution >= 4 is 11.6 Å². The minimum absolute atomic E-state index is 0.00511. The van der Waals surface area contributed by atoms with Crippen LogP contribution in [0.2, 0.25) is 0 Å². The van der Waals surface area contributed by atoms with Gasteiger partial charge in [0.1, 0.15) is 11.6 Å². The molecule has 0 bridgehead atoms. The summed E-state index contributed by atoms with van der Waals surface area (Å²) in [6.07, 6.45) is 9.54. The second kappa shape index (κ2) is 5.17. The van der Waals surface area contributed by atoms with Gasteiger partial charge in [0.25, 0.3) is 0 Å². The highest BCUT2D eigenvalue weighted by atomic mass is 16.1. The molecule has 0 aromatic rings. The Bertz CT molecular complexity index is 536. The fourth-order valence-electron chi connectivity index (χ4n) is 7.59. The molecule has 4 aliphatic carbocycles. The molecule has 2 nitrogen and oxygen atoms in total. The van der Waals surface area contributed by atoms with Crippen molar-refractivity contribution < 1.29 is 9.59 Å². The predicted molar refractivity (Wildman–Crippen MR) is 90.9 cm³/mol. The van der Waals surface area contributed by atoms with Gasteiger partial charge in [-0.25, -0.2) is 0 Å². The molecular weight excluding hydrogens is 284 g/mol. The third-order valence-electron chi connectivity index (χ3n) is 8.84. The van der Waals surface area contributed by atoms with E-state index in [9.17, 15) is 9.59 Å². The van der Waals surface area contributed by atoms with Crippen LogP contribution in [0, 0.1) is 40.4 Å². The summed E-state index contributed by atoms with van der Waals surface area (Å²) in [6, 6.07) is 0. The first-order chi connectivity index (χ1) is 10.9. The first-order valence-corrected chi connectivity index (χ1v) is 9.94. The second-order valence-corrected chi connectivity index (χ2v) is 9.60. The van der Waals surface area contributed by atoms with Crippen molar-refractivity contribution in [2.45, 2.75) is 78.6 Å². The quantitative estimate of drug-likeness (QED) is 0.696. The Morgan fingerprint density at radius 3 is 2.48 bits per heavy atom. The van der Waals surface area contributed by atoms with Crippen LogP contribution in [0.25, 0.3) is 0 Å². The van der Waals surface area contributed by atoms with E-state index < -0.39 is 0 Å². The monoisotopic (exact) mass is 316 g/mol. The third-order valence-corrected chi connectivity index (χ3v) is 8.84. The molecule has 4 rings (SSSR count). The number of ketones is 2. The van der Waals surface area contributed by atoms with Gasteiger partial charge in [0.05, 0.1) is 0 Å². The van der Waals surface area contributed by atoms with Crippen LogP contribution < -0.4 is 0 Å². The normalized spacial score (nSPS) is 49.7. The number of carbonyl (C=O) groups excluding carboxylic acids is 2. The van der Waals surface area contributed by atoms with E-state index in [0.29, 0.717) is 34.7 Å². The molecule has 128 valence electrons. The molecule has 4 fully saturated rings. The second-order valence-electron chi connectivity index (χ2n) is 9.60. The summed E-state index contributed by atoms with van der Waals surface area (Å²) in [5.41, 5.74) is 0.362. The van der Waals surface area contributed by atoms with Gasteiger partial charge in [0, 0.05) is 24.7 Å². The van der Waals surface area contributed by atoms with Gasteiger partial charge in [-0.3, -0.25) is 9.59 Å². The van der Waals surface area contributed by atoms with Crippen molar-refractivity contribution in [1.82, 2.24) is 0 Å². The summed E-state index contributed by atoms with van der Waals surface area (Å²) >= 11 is 0. The molecule has 0 unspecified atom stereocenters. The number of rotatable bonds is 1. The average Bonchev–Trinajstić information content (AvgIpc) is 2.86. The zero-order chi connectivity index (χ0) is 16.4. The Labute approximate surface area is 140 Å². The molecule has 0 radical (unpaired) electrons. The lowest BCUT2D eigenvalue weighted by Gasteiger charge is -2.60. The average molecular weight is 316 g/mol. The maximum Gasteiger partial charge on any atom is 0.139 e. The Morgan fingerprint density at radius 2 is 1.74 bits per heavy atom. The highest BCUT2D eigenvalue weighted by Gasteiger charge is 2.62. The van der Waals surface area contributed by atoms with Crippen molar-refractivity contribution in [2.75, 3.05) is 0 Å². The van der Waals surface area contributed by atoms with Gasteiger partial charge in [0.2, 0.25) is 0 Å². The van der Waals surface area contributed by atoms with Gasteiger partial charge in [-0.2, -0.15) is 0 Å². The molecule has 0 aromatic carbocycles. The van der Waals surface area contributed by atoms with Crippen LogP contribution in [0.4, 0.5) is 0 Å². The van der Waals surface area contributed by atoms with Crippen molar-refractivity contribution in [3.05, 3.63) is 0 Å². The largest absolute Gasteiger partial charge is 0.300 e. The van der Waals surface area contributed by atoms with Gasteiger partial charge in [-0.15, -0.1) is 0 Å². The summed E-state index contributed by atoms with van der Waals surface area (Å²) in [7, 11) is 0. The van der Waals surface area contributed by atoms with Crippen molar-refractivity contribution in [2.24, 2.45) is 40.4 Å². The Kier molecular flexibility index (Phi) is 3.56. The van der Waals surface area contributed by atoms with E-state index in [1.165, 1.54) is 19.3 Å². The summed E-state index contributed by atoms with van der Waals surface area (Å²) in [5, 5.41) is 0. The van der Waals surface area contributed by atoms with Crippen LogP contribution in [-0.4, -0.2) is 11.6 Å². The third kappa shape index (κ3) is 1.99. The highest BCUT2D eigenvalue weighted by molar-refractivity contribution is 5.88. The number of fused-ring (bicyclic) bond motifs is 5. The molecule has 2 heteroatoms. The standard InChI is InChI=1S/C21H32O2/c1-13(2)21-11-9-17-16(18(21)6-7-19(21)23)5-4-14-12-15(22)8-10-20(14,17)3/h13-14,16-18H,4-12H2,1-3H3/t14-,16+,17-,18-,20-,21+/m0/s1. The zero-order valence-corrected chi connectivity index (χ0v) is 15.1. The van der Waals surface area contributed by atoms with E-state index in [0.717, 1.165) is 50.4 Å². The maximum atomic E-state index is 12.8. The van der Waals surface area contributed by atoms with E-state index in [1.54, 1.807) is 0 Å². The smallest absolute Gasteiger partial charge is 0.139 e. The van der Waals surface area contributed by atoms with Crippen LogP contribution in [0.15, 0.2) is 0 Å². The Morgan fingerprint density at radius 1 is 0.957 bits per heavy atom. The number of hydrogen-bond donors (Lipinski definition) is 0. The van der Waals surface area contributed by atoms with Crippen LogP contribution in [0.3, 0.4) is 0 Å². The van der Waals surface area contributed by atoms with Gasteiger partial charge < -0.3 is 0 Å². The molecule has 4 aliphatic rings. The molecular formula is C21H32O2. The van der Waals surface area contributed by atoms with Crippen LogP contribution in [-0.2, 0) is 9.59 Å². The lowest BCUT2D eigenvalue weighted by molar-refractivity contribution is -0.151. The molecule has 0 N–H and O–H groups in total. The molecule has 0 amide bonds. The fourth-order valence-corrected chi connectivity index (χ4v) is 7.59. The minimum Gasteiger partial charge on any atom is -0.300 e. The lowest BCUT2D eigenvalue weighted by Crippen LogP contribution is -2.55. The topological polar surface area (TPSA) is 34.1 Å². The maximum absolute atomic E-state index is 12.8. The van der Waals surface area contributed by atoms with Crippen LogP contribution >= 0.6 is 0 Å². The minimum atomic E-state index is -0.00511. The van der Waals surface area contributed by atoms with Gasteiger partial charge in [-0.1, -0.05) is 20.8 Å². The summed E-state index contributed by atoms with van der Waals surface area (Å²) in [5.74, 6) is 4.31. The molecule has 23 heavy (non-hydrogen) atoms. The summed E-state index contributed by atoms with van der Waals surface area (Å²) in [6.45, 7) is 7.05. The first-order valence-electron chi connectivity index (χ1n) is 9.94. The molecule has 0 saturated heterocycles. The SMILES string of the molecule is CC(C)[C@]12CC[C@H]3[C@@H](CC[C@H]4CC(=O)CC[C@@]43C)[C@@H]1CCC2=O. The molecule has 4 saturated carbocycles. The van der Waals surface area contributed by atoms with E-state index in [2.05, 4.69) is 20.8 Å². The van der Waals surface area contributed by atoms with Crippen LogP contribution in [0.5, 0.6) is 0 Å². The van der Waals surface area contributed by atoms with Crippen molar-refractivity contribution in [3.63, 3.8) is 0 Å². The lowest BCUT2D eigenvalue weighted by atomic mass is 9.44. The molecule has 0 spiro atoms. The summed E-state index contributed by atoms with van der Waals surface area (Å²) in [4.78, 5) is 24.7. The zero-order valence-electron chi connectivity index (χ0n) is 15.1. The highest BCUT2D eigenvalue weighted by Crippen LogP contribution is 2.66. The van der Waals surface area contributed by atoms with Crippen molar-refractivity contribution in [3.8, 4) is 0 Å². The van der Waals surface area contributed by atoms with E-state index in [-0.39, 0.29) is 5.41 Å². The number of Topliss-reactive ketones (excluding diaryl/α,β-unsaturated/α-hetero) is 2. The van der Waals surface area contributed by atoms with Crippen LogP contribution in [0.1, 0.15) is 78.6 Å². The number of hydrogen-bond acceptors (Lipinski definition) is 2.